The fourth-order valence-electron chi connectivity index (χ4n) is 2.02. The molecule has 1 fully saturated rings. The lowest BCUT2D eigenvalue weighted by Crippen LogP contribution is -2.41. The molecule has 0 radical (unpaired) electrons. The van der Waals surface area contributed by atoms with Crippen molar-refractivity contribution >= 4 is 28.9 Å². The molecular weight excluding hydrogens is 264 g/mol. The van der Waals surface area contributed by atoms with E-state index in [1.54, 1.807) is 0 Å². The van der Waals surface area contributed by atoms with E-state index in [-0.39, 0.29) is 0 Å². The van der Waals surface area contributed by atoms with Crippen LogP contribution in [-0.4, -0.2) is 11.2 Å². The van der Waals surface area contributed by atoms with E-state index in [0.717, 1.165) is 10.1 Å². The summed E-state index contributed by atoms with van der Waals surface area (Å²) in [6, 6.07) is 8.70. The molecule has 1 aliphatic carbocycles. The van der Waals surface area contributed by atoms with Crippen LogP contribution in [0.3, 0.4) is 0 Å². The van der Waals surface area contributed by atoms with Gasteiger partial charge < -0.3 is 10.6 Å². The molecule has 0 heterocycles. The zero-order chi connectivity index (χ0) is 13.1. The van der Waals surface area contributed by atoms with E-state index in [2.05, 4.69) is 36.6 Å². The molecule has 2 nitrogen and oxygen atoms in total. The molecule has 2 rings (SSSR count). The van der Waals surface area contributed by atoms with Gasteiger partial charge >= 0.3 is 0 Å². The summed E-state index contributed by atoms with van der Waals surface area (Å²) >= 11 is 11.3. The van der Waals surface area contributed by atoms with Gasteiger partial charge in [-0.2, -0.15) is 0 Å². The Morgan fingerprint density at radius 3 is 2.33 bits per heavy atom. The lowest BCUT2D eigenvalue weighted by atomic mass is 10.0. The summed E-state index contributed by atoms with van der Waals surface area (Å²) in [7, 11) is 0. The Hall–Kier alpha value is -0.800. The third kappa shape index (κ3) is 3.85. The number of hydrogen-bond acceptors (Lipinski definition) is 1. The normalized spacial score (nSPS) is 16.4. The van der Waals surface area contributed by atoms with E-state index in [4.69, 9.17) is 23.8 Å². The molecule has 0 saturated heterocycles. The number of rotatable bonds is 4. The van der Waals surface area contributed by atoms with Crippen LogP contribution in [0.1, 0.15) is 38.3 Å². The second-order valence-electron chi connectivity index (χ2n) is 5.14. The van der Waals surface area contributed by atoms with Gasteiger partial charge in [-0.3, -0.25) is 0 Å². The largest absolute Gasteiger partial charge is 0.361 e. The average molecular weight is 283 g/mol. The van der Waals surface area contributed by atoms with Gasteiger partial charge in [0.2, 0.25) is 0 Å². The predicted molar refractivity (Wildman–Crippen MR) is 80.9 cm³/mol. The third-order valence-corrected chi connectivity index (χ3v) is 3.52. The van der Waals surface area contributed by atoms with Gasteiger partial charge in [-0.1, -0.05) is 23.7 Å². The summed E-state index contributed by atoms with van der Waals surface area (Å²) in [5.41, 5.74) is 1.26. The minimum absolute atomic E-state index is 0.306. The van der Waals surface area contributed by atoms with Crippen molar-refractivity contribution < 1.29 is 0 Å². The van der Waals surface area contributed by atoms with Crippen molar-refractivity contribution in [2.45, 2.75) is 38.8 Å². The first-order chi connectivity index (χ1) is 8.56. The van der Waals surface area contributed by atoms with Crippen LogP contribution in [0.5, 0.6) is 0 Å². The van der Waals surface area contributed by atoms with Crippen LogP contribution < -0.4 is 10.6 Å². The summed E-state index contributed by atoms with van der Waals surface area (Å²) < 4.78 is 0. The quantitative estimate of drug-likeness (QED) is 0.824. The molecule has 0 aromatic heterocycles. The Morgan fingerprint density at radius 1 is 1.22 bits per heavy atom. The van der Waals surface area contributed by atoms with Crippen LogP contribution in [0, 0.1) is 5.92 Å². The first kappa shape index (κ1) is 13.6. The van der Waals surface area contributed by atoms with Gasteiger partial charge in [0.25, 0.3) is 0 Å². The molecule has 0 amide bonds. The van der Waals surface area contributed by atoms with E-state index in [1.807, 2.05) is 12.1 Å². The molecule has 0 aliphatic heterocycles. The smallest absolute Gasteiger partial charge is 0.166 e. The van der Waals surface area contributed by atoms with E-state index < -0.39 is 0 Å². The minimum atomic E-state index is 0.306. The highest BCUT2D eigenvalue weighted by atomic mass is 35.5. The van der Waals surface area contributed by atoms with Gasteiger partial charge in [-0.05, 0) is 62.5 Å². The number of benzene rings is 1. The van der Waals surface area contributed by atoms with E-state index in [0.29, 0.717) is 18.0 Å². The Labute approximate surface area is 119 Å². The molecule has 1 aliphatic rings. The maximum atomic E-state index is 5.93. The first-order valence-electron chi connectivity index (χ1n) is 6.39. The molecule has 0 bridgehead atoms. The number of nitrogens with one attached hydrogen (secondary N) is 2. The van der Waals surface area contributed by atoms with E-state index >= 15 is 0 Å². The lowest BCUT2D eigenvalue weighted by Gasteiger charge is -2.22. The molecule has 1 aromatic rings. The Balaban J connectivity index is 2.04. The van der Waals surface area contributed by atoms with Gasteiger partial charge in [0.1, 0.15) is 0 Å². The summed E-state index contributed by atoms with van der Waals surface area (Å²) in [5, 5.41) is 8.16. The molecule has 0 unspecified atom stereocenters. The first-order valence-corrected chi connectivity index (χ1v) is 7.17. The molecular formula is C14H19ClN2S. The molecule has 1 saturated carbocycles. The molecule has 98 valence electrons. The van der Waals surface area contributed by atoms with Crippen molar-refractivity contribution in [3.05, 3.63) is 34.9 Å². The molecule has 4 heteroatoms. The number of hydrogen-bond donors (Lipinski definition) is 2. The highest BCUT2D eigenvalue weighted by Crippen LogP contribution is 2.41. The standard InChI is InChI=1S/C14H19ClN2S/c1-9(2)16-14(18)17-13(10-3-4-10)11-5-7-12(15)8-6-11/h5-10,13H,3-4H2,1-2H3,(H2,16,17,18)/t13-/m0/s1. The van der Waals surface area contributed by atoms with Gasteiger partial charge in [0, 0.05) is 11.1 Å². The zero-order valence-corrected chi connectivity index (χ0v) is 12.3. The van der Waals surface area contributed by atoms with Crippen molar-refractivity contribution in [1.82, 2.24) is 10.6 Å². The summed E-state index contributed by atoms with van der Waals surface area (Å²) in [6.07, 6.45) is 2.54. The molecule has 2 N–H and O–H groups in total. The van der Waals surface area contributed by atoms with Gasteiger partial charge in [0.05, 0.1) is 6.04 Å². The van der Waals surface area contributed by atoms with Crippen LogP contribution in [0.4, 0.5) is 0 Å². The lowest BCUT2D eigenvalue weighted by molar-refractivity contribution is 0.558. The maximum Gasteiger partial charge on any atom is 0.166 e. The van der Waals surface area contributed by atoms with E-state index in [1.165, 1.54) is 18.4 Å². The van der Waals surface area contributed by atoms with Crippen molar-refractivity contribution in [2.75, 3.05) is 0 Å². The minimum Gasteiger partial charge on any atom is -0.361 e. The summed E-state index contributed by atoms with van der Waals surface area (Å²) in [4.78, 5) is 0. The SMILES string of the molecule is CC(C)NC(=S)N[C@H](c1ccc(Cl)cc1)C1CC1. The van der Waals surface area contributed by atoms with Crippen LogP contribution in [0.2, 0.25) is 5.02 Å². The van der Waals surface area contributed by atoms with Gasteiger partial charge in [-0.15, -0.1) is 0 Å². The van der Waals surface area contributed by atoms with Crippen molar-refractivity contribution in [1.29, 1.82) is 0 Å². The second-order valence-corrected chi connectivity index (χ2v) is 5.98. The zero-order valence-electron chi connectivity index (χ0n) is 10.7. The number of halogens is 1. The van der Waals surface area contributed by atoms with Crippen LogP contribution in [0.15, 0.2) is 24.3 Å². The molecule has 1 atom stereocenters. The summed E-state index contributed by atoms with van der Waals surface area (Å²) in [6.45, 7) is 4.17. The summed E-state index contributed by atoms with van der Waals surface area (Å²) in [5.74, 6) is 0.693. The van der Waals surface area contributed by atoms with E-state index in [9.17, 15) is 0 Å². The van der Waals surface area contributed by atoms with Crippen LogP contribution in [0.25, 0.3) is 0 Å². The molecule has 1 aromatic carbocycles. The van der Waals surface area contributed by atoms with Crippen LogP contribution in [-0.2, 0) is 0 Å². The Morgan fingerprint density at radius 2 is 1.83 bits per heavy atom. The fourth-order valence-corrected chi connectivity index (χ4v) is 2.51. The van der Waals surface area contributed by atoms with Crippen molar-refractivity contribution in [2.24, 2.45) is 5.92 Å². The van der Waals surface area contributed by atoms with Crippen LogP contribution >= 0.6 is 23.8 Å². The average Bonchev–Trinajstić information content (AvgIpc) is 3.10. The molecule has 18 heavy (non-hydrogen) atoms. The predicted octanol–water partition coefficient (Wildman–Crippen LogP) is 3.66. The Bertz CT molecular complexity index is 412. The topological polar surface area (TPSA) is 24.1 Å². The fraction of sp³-hybridized carbons (Fsp3) is 0.500. The third-order valence-electron chi connectivity index (χ3n) is 3.03. The highest BCUT2D eigenvalue weighted by Gasteiger charge is 2.32. The van der Waals surface area contributed by atoms with Crippen molar-refractivity contribution in [3.8, 4) is 0 Å². The second kappa shape index (κ2) is 5.89. The highest BCUT2D eigenvalue weighted by molar-refractivity contribution is 7.80. The maximum absolute atomic E-state index is 5.93. The Kier molecular flexibility index (Phi) is 4.46. The van der Waals surface area contributed by atoms with Crippen molar-refractivity contribution in [3.63, 3.8) is 0 Å². The monoisotopic (exact) mass is 282 g/mol. The molecule has 0 spiro atoms. The van der Waals surface area contributed by atoms with Gasteiger partial charge in [-0.25, -0.2) is 0 Å². The van der Waals surface area contributed by atoms with Gasteiger partial charge in [0.15, 0.2) is 5.11 Å². The number of thiocarbonyl (C=S) groups is 1.